The summed E-state index contributed by atoms with van der Waals surface area (Å²) in [5, 5.41) is 2.63. The van der Waals surface area contributed by atoms with Crippen LogP contribution >= 0.6 is 67.8 Å². The van der Waals surface area contributed by atoms with Crippen LogP contribution in [0.15, 0.2) is 12.1 Å². The third-order valence-electron chi connectivity index (χ3n) is 1.46. The zero-order chi connectivity index (χ0) is 10.0. The van der Waals surface area contributed by atoms with Crippen molar-refractivity contribution in [3.63, 3.8) is 0 Å². The Morgan fingerprint density at radius 2 is 1.92 bits per heavy atom. The van der Waals surface area contributed by atoms with Gasteiger partial charge in [-0.15, -0.1) is 0 Å². The molecule has 0 aliphatic carbocycles. The second-order valence-electron chi connectivity index (χ2n) is 2.33. The van der Waals surface area contributed by atoms with Gasteiger partial charge in [-0.1, -0.05) is 0 Å². The first-order valence-electron chi connectivity index (χ1n) is 3.43. The molecule has 1 amide bonds. The molecule has 0 radical (unpaired) electrons. The molecule has 0 bridgehead atoms. The highest BCUT2D eigenvalue weighted by Crippen LogP contribution is 2.22. The lowest BCUT2D eigenvalue weighted by Crippen LogP contribution is -2.19. The topological polar surface area (TPSA) is 29.1 Å². The molecule has 0 saturated heterocycles. The van der Waals surface area contributed by atoms with E-state index < -0.39 is 0 Å². The van der Waals surface area contributed by atoms with E-state index in [0.29, 0.717) is 0 Å². The van der Waals surface area contributed by atoms with Gasteiger partial charge in [-0.05, 0) is 79.9 Å². The van der Waals surface area contributed by atoms with Crippen LogP contribution in [0.1, 0.15) is 10.4 Å². The lowest BCUT2D eigenvalue weighted by Gasteiger charge is -2.05. The van der Waals surface area contributed by atoms with Crippen molar-refractivity contribution in [2.45, 2.75) is 0 Å². The fourth-order valence-corrected chi connectivity index (χ4v) is 3.26. The number of amides is 1. The van der Waals surface area contributed by atoms with Gasteiger partial charge in [0.25, 0.3) is 5.91 Å². The van der Waals surface area contributed by atoms with Gasteiger partial charge in [0.15, 0.2) is 0 Å². The smallest absolute Gasteiger partial charge is 0.252 e. The Morgan fingerprint density at radius 1 is 1.31 bits per heavy atom. The summed E-state index contributed by atoms with van der Waals surface area (Å²) in [5.74, 6) is -0.0270. The van der Waals surface area contributed by atoms with E-state index in [1.807, 2.05) is 6.07 Å². The molecule has 0 aliphatic rings. The maximum atomic E-state index is 11.4. The summed E-state index contributed by atoms with van der Waals surface area (Å²) in [6.45, 7) is 0. The van der Waals surface area contributed by atoms with Crippen molar-refractivity contribution in [2.75, 3.05) is 7.05 Å². The number of carbonyl (C=O) groups excluding carboxylic acids is 1. The number of hydrogen-bond acceptors (Lipinski definition) is 1. The van der Waals surface area contributed by atoms with E-state index in [4.69, 9.17) is 0 Å². The largest absolute Gasteiger partial charge is 0.355 e. The number of rotatable bonds is 1. The molecule has 0 saturated carbocycles. The summed E-state index contributed by atoms with van der Waals surface area (Å²) in [7, 11) is 1.64. The quantitative estimate of drug-likeness (QED) is 0.455. The van der Waals surface area contributed by atoms with Crippen LogP contribution in [0.25, 0.3) is 0 Å². The molecule has 13 heavy (non-hydrogen) atoms. The van der Waals surface area contributed by atoms with Crippen LogP contribution in [0, 0.1) is 10.7 Å². The van der Waals surface area contributed by atoms with Crippen LogP contribution in [0.3, 0.4) is 0 Å². The second-order valence-corrected chi connectivity index (χ2v) is 5.81. The van der Waals surface area contributed by atoms with Crippen molar-refractivity contribution in [3.8, 4) is 0 Å². The van der Waals surface area contributed by atoms with Crippen molar-refractivity contribution in [3.05, 3.63) is 28.4 Å². The summed E-state index contributed by atoms with van der Waals surface area (Å²) < 4.78 is 3.21. The van der Waals surface area contributed by atoms with Crippen molar-refractivity contribution in [2.24, 2.45) is 0 Å². The van der Waals surface area contributed by atoms with Gasteiger partial charge in [0.05, 0.1) is 5.56 Å². The Morgan fingerprint density at radius 3 is 2.46 bits per heavy atom. The van der Waals surface area contributed by atoms with Crippen LogP contribution in [0.2, 0.25) is 0 Å². The second kappa shape index (κ2) is 5.10. The van der Waals surface area contributed by atoms with E-state index in [1.165, 1.54) is 0 Å². The van der Waals surface area contributed by atoms with Crippen LogP contribution < -0.4 is 5.32 Å². The maximum absolute atomic E-state index is 11.4. The molecule has 70 valence electrons. The molecule has 1 aromatic carbocycles. The molecular formula is C8H6I3NO. The number of carbonyl (C=O) groups is 1. The van der Waals surface area contributed by atoms with Crippen LogP contribution in [0.4, 0.5) is 0 Å². The summed E-state index contributed by atoms with van der Waals surface area (Å²) in [6.07, 6.45) is 0. The summed E-state index contributed by atoms with van der Waals surface area (Å²) >= 11 is 6.63. The minimum Gasteiger partial charge on any atom is -0.355 e. The van der Waals surface area contributed by atoms with Crippen molar-refractivity contribution in [1.82, 2.24) is 5.32 Å². The van der Waals surface area contributed by atoms with Gasteiger partial charge in [-0.25, -0.2) is 0 Å². The number of hydrogen-bond donors (Lipinski definition) is 1. The van der Waals surface area contributed by atoms with E-state index in [0.717, 1.165) is 16.3 Å². The van der Waals surface area contributed by atoms with Gasteiger partial charge < -0.3 is 5.32 Å². The van der Waals surface area contributed by atoms with Crippen LogP contribution in [0.5, 0.6) is 0 Å². The molecule has 2 nitrogen and oxygen atoms in total. The van der Waals surface area contributed by atoms with Crippen molar-refractivity contribution < 1.29 is 4.79 Å². The third-order valence-corrected chi connectivity index (χ3v) is 5.13. The highest BCUT2D eigenvalue weighted by molar-refractivity contribution is 14.1. The van der Waals surface area contributed by atoms with Crippen LogP contribution in [-0.2, 0) is 0 Å². The van der Waals surface area contributed by atoms with Gasteiger partial charge in [0.1, 0.15) is 0 Å². The molecule has 0 fully saturated rings. The monoisotopic (exact) mass is 513 g/mol. The van der Waals surface area contributed by atoms with Gasteiger partial charge in [-0.2, -0.15) is 0 Å². The first-order valence-corrected chi connectivity index (χ1v) is 6.66. The molecule has 1 rings (SSSR count). The minimum atomic E-state index is -0.0270. The van der Waals surface area contributed by atoms with Gasteiger partial charge in [0, 0.05) is 17.8 Å². The predicted molar refractivity (Wildman–Crippen MR) is 78.0 cm³/mol. The Balaban J connectivity index is 3.28. The maximum Gasteiger partial charge on any atom is 0.252 e. The Kier molecular flexibility index (Phi) is 4.69. The molecule has 1 aromatic rings. The standard InChI is InChI=1S/C8H6I3NO/c1-12-8(13)5-2-4(9)3-6(10)7(5)11/h2-3H,1H3,(H,12,13). The Hall–Kier alpha value is 0.880. The molecule has 1 N–H and O–H groups in total. The third kappa shape index (κ3) is 2.91. The zero-order valence-electron chi connectivity index (χ0n) is 6.70. The van der Waals surface area contributed by atoms with Crippen LogP contribution in [-0.4, -0.2) is 13.0 Å². The summed E-state index contributed by atoms with van der Waals surface area (Å²) in [6, 6.07) is 3.94. The zero-order valence-corrected chi connectivity index (χ0v) is 13.2. The molecule has 0 unspecified atom stereocenters. The molecule has 0 spiro atoms. The molecular weight excluding hydrogens is 507 g/mol. The van der Waals surface area contributed by atoms with E-state index in [9.17, 15) is 4.79 Å². The molecule has 0 aromatic heterocycles. The highest BCUT2D eigenvalue weighted by atomic mass is 127. The average Bonchev–Trinajstić information content (AvgIpc) is 2.10. The van der Waals surface area contributed by atoms with Crippen molar-refractivity contribution in [1.29, 1.82) is 0 Å². The average molecular weight is 513 g/mol. The fraction of sp³-hybridized carbons (Fsp3) is 0.125. The Bertz CT molecular complexity index is 351. The first-order chi connectivity index (χ1) is 6.06. The number of nitrogens with one attached hydrogen (secondary N) is 1. The SMILES string of the molecule is CNC(=O)c1cc(I)cc(I)c1I. The van der Waals surface area contributed by atoms with Gasteiger partial charge >= 0.3 is 0 Å². The Labute approximate surface area is 118 Å². The van der Waals surface area contributed by atoms with Gasteiger partial charge in [0.2, 0.25) is 0 Å². The van der Waals surface area contributed by atoms with E-state index in [-0.39, 0.29) is 5.91 Å². The predicted octanol–water partition coefficient (Wildman–Crippen LogP) is 2.86. The minimum absolute atomic E-state index is 0.0270. The number of halogens is 3. The number of benzene rings is 1. The summed E-state index contributed by atoms with van der Waals surface area (Å²) in [4.78, 5) is 11.4. The lowest BCUT2D eigenvalue weighted by atomic mass is 10.2. The van der Waals surface area contributed by atoms with Crippen molar-refractivity contribution >= 4 is 73.7 Å². The molecule has 5 heteroatoms. The molecule has 0 atom stereocenters. The summed E-state index contributed by atoms with van der Waals surface area (Å²) in [5.41, 5.74) is 0.749. The van der Waals surface area contributed by atoms with E-state index >= 15 is 0 Å². The van der Waals surface area contributed by atoms with Gasteiger partial charge in [-0.3, -0.25) is 4.79 Å². The lowest BCUT2D eigenvalue weighted by molar-refractivity contribution is 0.0962. The van der Waals surface area contributed by atoms with E-state index in [2.05, 4.69) is 79.2 Å². The highest BCUT2D eigenvalue weighted by Gasteiger charge is 2.11. The first kappa shape index (κ1) is 12.0. The normalized spacial score (nSPS) is 9.85. The molecule has 0 aliphatic heterocycles. The molecule has 0 heterocycles. The fourth-order valence-electron chi connectivity index (χ4n) is 0.856. The van der Waals surface area contributed by atoms with E-state index in [1.54, 1.807) is 7.05 Å².